The van der Waals surface area contributed by atoms with Crippen molar-refractivity contribution >= 4 is 23.5 Å². The van der Waals surface area contributed by atoms with Crippen molar-refractivity contribution in [2.75, 3.05) is 25.0 Å². The van der Waals surface area contributed by atoms with Crippen molar-refractivity contribution in [3.63, 3.8) is 0 Å². The van der Waals surface area contributed by atoms with Crippen LogP contribution in [0.5, 0.6) is 0 Å². The molecular weight excluding hydrogens is 408 g/mol. The molecule has 7 nitrogen and oxygen atoms in total. The summed E-state index contributed by atoms with van der Waals surface area (Å²) in [6.07, 6.45) is 7.27. The molecule has 0 aromatic carbocycles. The summed E-state index contributed by atoms with van der Waals surface area (Å²) in [6.45, 7) is 10.8. The van der Waals surface area contributed by atoms with Crippen LogP contribution in [-0.4, -0.2) is 42.3 Å². The van der Waals surface area contributed by atoms with Crippen LogP contribution in [0.2, 0.25) is 0 Å². The highest BCUT2D eigenvalue weighted by Gasteiger charge is 2.29. The van der Waals surface area contributed by atoms with E-state index in [0.717, 1.165) is 31.1 Å². The van der Waals surface area contributed by atoms with E-state index in [1.165, 1.54) is 0 Å². The molecule has 1 saturated heterocycles. The van der Waals surface area contributed by atoms with Gasteiger partial charge in [0.15, 0.2) is 0 Å². The highest BCUT2D eigenvalue weighted by molar-refractivity contribution is 8.00. The lowest BCUT2D eigenvalue weighted by atomic mass is 10.00. The van der Waals surface area contributed by atoms with Gasteiger partial charge in [-0.2, -0.15) is 10.5 Å². The molecule has 1 amide bonds. The van der Waals surface area contributed by atoms with E-state index < -0.39 is 11.2 Å². The summed E-state index contributed by atoms with van der Waals surface area (Å²) in [4.78, 5) is 19.0. The predicted octanol–water partition coefficient (Wildman–Crippen LogP) is 2.82. The summed E-state index contributed by atoms with van der Waals surface area (Å²) in [5.74, 6) is -0.0160. The Labute approximate surface area is 188 Å². The first kappa shape index (κ1) is 24.2. The van der Waals surface area contributed by atoms with E-state index in [4.69, 9.17) is 10.7 Å². The molecule has 2 rings (SSSR count). The third-order valence-corrected chi connectivity index (χ3v) is 6.55. The van der Waals surface area contributed by atoms with Crippen molar-refractivity contribution in [2.45, 2.75) is 42.5 Å². The van der Waals surface area contributed by atoms with Crippen molar-refractivity contribution in [3.05, 3.63) is 53.6 Å². The first-order valence-electron chi connectivity index (χ1n) is 10.2. The number of nitrogens with two attached hydrogens (primary N) is 1. The van der Waals surface area contributed by atoms with Gasteiger partial charge in [0.25, 0.3) is 0 Å². The normalized spacial score (nSPS) is 17.4. The van der Waals surface area contributed by atoms with Gasteiger partial charge in [0.2, 0.25) is 5.91 Å². The van der Waals surface area contributed by atoms with Gasteiger partial charge < -0.3 is 16.0 Å². The van der Waals surface area contributed by atoms with Gasteiger partial charge in [-0.15, -0.1) is 0 Å². The number of hydrogen-bond donors (Lipinski definition) is 2. The number of amides is 1. The Morgan fingerprint density at radius 2 is 2.13 bits per heavy atom. The second-order valence-corrected chi connectivity index (χ2v) is 8.22. The maximum absolute atomic E-state index is 12.2. The highest BCUT2D eigenvalue weighted by atomic mass is 32.2. The molecule has 1 fully saturated rings. The van der Waals surface area contributed by atoms with E-state index >= 15 is 0 Å². The number of nitrogens with one attached hydrogen (secondary N) is 1. The van der Waals surface area contributed by atoms with E-state index in [0.29, 0.717) is 52.1 Å². The number of primary amides is 1. The zero-order valence-corrected chi connectivity index (χ0v) is 18.8. The Kier molecular flexibility index (Phi) is 8.87. The zero-order chi connectivity index (χ0) is 23.0. The molecule has 3 N–H and O–H groups in total. The Bertz CT molecular complexity index is 972. The number of allylic oxidation sites excluding steroid dienone is 3. The van der Waals surface area contributed by atoms with Gasteiger partial charge in [-0.05, 0) is 37.4 Å². The standard InChI is InChI=1S/C23H28N6OS/c1-5-9-15(6-2)20(21(26)30)31-23-19(13-25)17(7-3)18(12-24)22(28-23)29-11-8-10-16(14-29)27-4/h5-6,9,16,20,27H,1-2,7-8,10-11,14H2,3-4H3,(H2,26,30)/b15-9+. The van der Waals surface area contributed by atoms with Crippen LogP contribution in [-0.2, 0) is 11.2 Å². The highest BCUT2D eigenvalue weighted by Crippen LogP contribution is 2.36. The zero-order valence-electron chi connectivity index (χ0n) is 18.0. The summed E-state index contributed by atoms with van der Waals surface area (Å²) in [6, 6.07) is 4.74. The number of pyridine rings is 1. The van der Waals surface area contributed by atoms with Gasteiger partial charge in [0.05, 0.1) is 11.1 Å². The SMILES string of the molecule is C=C/C=C(\C=C)C(Sc1nc(N2CCCC(NC)C2)c(C#N)c(CC)c1C#N)C(N)=O. The Morgan fingerprint density at radius 3 is 2.65 bits per heavy atom. The van der Waals surface area contributed by atoms with E-state index in [9.17, 15) is 15.3 Å². The quantitative estimate of drug-likeness (QED) is 0.451. The summed E-state index contributed by atoms with van der Waals surface area (Å²) in [7, 11) is 1.92. The van der Waals surface area contributed by atoms with Gasteiger partial charge >= 0.3 is 0 Å². The molecule has 1 aliphatic rings. The fraction of sp³-hybridized carbons (Fsp3) is 0.391. The molecule has 31 heavy (non-hydrogen) atoms. The fourth-order valence-electron chi connectivity index (χ4n) is 3.70. The molecule has 8 heteroatoms. The second-order valence-electron chi connectivity index (χ2n) is 7.13. The van der Waals surface area contributed by atoms with E-state index in [1.54, 1.807) is 18.2 Å². The number of hydrogen-bond acceptors (Lipinski definition) is 7. The maximum Gasteiger partial charge on any atom is 0.235 e. The number of anilines is 1. The molecule has 2 heterocycles. The largest absolute Gasteiger partial charge is 0.368 e. The summed E-state index contributed by atoms with van der Waals surface area (Å²) < 4.78 is 0. The van der Waals surface area contributed by atoms with Crippen LogP contribution in [0, 0.1) is 22.7 Å². The third-order valence-electron chi connectivity index (χ3n) is 5.29. The van der Waals surface area contributed by atoms with Crippen molar-refractivity contribution < 1.29 is 4.79 Å². The number of aromatic nitrogens is 1. The first-order chi connectivity index (χ1) is 14.9. The molecule has 0 spiro atoms. The van der Waals surface area contributed by atoms with Crippen LogP contribution < -0.4 is 16.0 Å². The molecular formula is C23H28N6OS. The molecule has 0 bridgehead atoms. The molecule has 0 aliphatic carbocycles. The van der Waals surface area contributed by atoms with Crippen LogP contribution in [0.1, 0.15) is 36.5 Å². The maximum atomic E-state index is 12.2. The summed E-state index contributed by atoms with van der Waals surface area (Å²) in [5, 5.41) is 22.7. The van der Waals surface area contributed by atoms with E-state index in [2.05, 4.69) is 35.5 Å². The van der Waals surface area contributed by atoms with Crippen LogP contribution in [0.15, 0.2) is 42.0 Å². The average Bonchev–Trinajstić information content (AvgIpc) is 2.79. The molecule has 0 saturated carbocycles. The topological polar surface area (TPSA) is 119 Å². The predicted molar refractivity (Wildman–Crippen MR) is 125 cm³/mol. The Hall–Kier alpha value is -3.07. The lowest BCUT2D eigenvalue weighted by molar-refractivity contribution is -0.116. The molecule has 2 atom stereocenters. The number of nitrogens with zero attached hydrogens (tertiary/aromatic N) is 4. The molecule has 1 aliphatic heterocycles. The lowest BCUT2D eigenvalue weighted by Crippen LogP contribution is -2.45. The lowest BCUT2D eigenvalue weighted by Gasteiger charge is -2.34. The van der Waals surface area contributed by atoms with Gasteiger partial charge in [0.1, 0.15) is 28.2 Å². The minimum Gasteiger partial charge on any atom is -0.368 e. The monoisotopic (exact) mass is 436 g/mol. The first-order valence-corrected chi connectivity index (χ1v) is 11.0. The van der Waals surface area contributed by atoms with Crippen molar-refractivity contribution in [1.29, 1.82) is 10.5 Å². The Morgan fingerprint density at radius 1 is 1.42 bits per heavy atom. The van der Waals surface area contributed by atoms with Crippen molar-refractivity contribution in [1.82, 2.24) is 10.3 Å². The van der Waals surface area contributed by atoms with Crippen LogP contribution >= 0.6 is 11.8 Å². The number of nitriles is 2. The number of carbonyl (C=O) groups is 1. The summed E-state index contributed by atoms with van der Waals surface area (Å²) in [5.41, 5.74) is 7.61. The number of likely N-dealkylation sites (N-methyl/N-ethyl adjacent to an activating group) is 1. The van der Waals surface area contributed by atoms with Crippen LogP contribution in [0.4, 0.5) is 5.82 Å². The minimum atomic E-state index is -0.785. The minimum absolute atomic E-state index is 0.292. The number of piperidine rings is 1. The average molecular weight is 437 g/mol. The fourth-order valence-corrected chi connectivity index (χ4v) is 4.78. The number of carbonyl (C=O) groups excluding carboxylic acids is 1. The molecule has 162 valence electrons. The third kappa shape index (κ3) is 5.35. The van der Waals surface area contributed by atoms with Gasteiger partial charge in [-0.1, -0.05) is 50.1 Å². The van der Waals surface area contributed by atoms with E-state index in [1.807, 2.05) is 14.0 Å². The molecule has 1 aromatic heterocycles. The van der Waals surface area contributed by atoms with Crippen molar-refractivity contribution in [3.8, 4) is 12.1 Å². The number of thioether (sulfide) groups is 1. The van der Waals surface area contributed by atoms with Gasteiger partial charge in [-0.3, -0.25) is 4.79 Å². The smallest absolute Gasteiger partial charge is 0.235 e. The van der Waals surface area contributed by atoms with Gasteiger partial charge in [0, 0.05) is 19.1 Å². The summed E-state index contributed by atoms with van der Waals surface area (Å²) >= 11 is 1.11. The van der Waals surface area contributed by atoms with Gasteiger partial charge in [-0.25, -0.2) is 4.98 Å². The van der Waals surface area contributed by atoms with E-state index in [-0.39, 0.29) is 0 Å². The molecule has 1 aromatic rings. The molecule has 0 radical (unpaired) electrons. The van der Waals surface area contributed by atoms with Crippen molar-refractivity contribution in [2.24, 2.45) is 5.73 Å². The second kappa shape index (κ2) is 11.4. The Balaban J connectivity index is 2.66. The number of rotatable bonds is 9. The van der Waals surface area contributed by atoms with Crippen LogP contribution in [0.3, 0.4) is 0 Å². The van der Waals surface area contributed by atoms with Crippen LogP contribution in [0.25, 0.3) is 0 Å². The molecule has 2 unspecified atom stereocenters.